The average Bonchev–Trinajstić information content (AvgIpc) is 2.74. The van der Waals surface area contributed by atoms with Gasteiger partial charge < -0.3 is 20.1 Å². The van der Waals surface area contributed by atoms with Crippen molar-refractivity contribution in [2.75, 3.05) is 24.4 Å². The fraction of sp³-hybridized carbons (Fsp3) is 0.0909. The number of methoxy groups -OCH3 is 1. The van der Waals surface area contributed by atoms with Crippen LogP contribution in [-0.2, 0) is 4.79 Å². The highest BCUT2D eigenvalue weighted by Crippen LogP contribution is 2.26. The van der Waals surface area contributed by atoms with Crippen LogP contribution in [0.5, 0.6) is 11.5 Å². The monoisotopic (exact) mass is 444 g/mol. The van der Waals surface area contributed by atoms with E-state index in [4.69, 9.17) is 32.7 Å². The maximum Gasteiger partial charge on any atom is 0.262 e. The molecule has 0 atom stereocenters. The van der Waals surface area contributed by atoms with Crippen molar-refractivity contribution in [3.8, 4) is 11.5 Å². The van der Waals surface area contributed by atoms with Crippen molar-refractivity contribution in [1.82, 2.24) is 0 Å². The summed E-state index contributed by atoms with van der Waals surface area (Å²) >= 11 is 11.9. The van der Waals surface area contributed by atoms with Gasteiger partial charge in [-0.15, -0.1) is 0 Å². The van der Waals surface area contributed by atoms with Crippen molar-refractivity contribution in [1.29, 1.82) is 0 Å². The number of carbonyl (C=O) groups excluding carboxylic acids is 2. The van der Waals surface area contributed by atoms with Gasteiger partial charge in [0.05, 0.1) is 17.8 Å². The first-order valence-corrected chi connectivity index (χ1v) is 9.63. The Bertz CT molecular complexity index is 1060. The Morgan fingerprint density at radius 2 is 1.67 bits per heavy atom. The number of carbonyl (C=O) groups is 2. The van der Waals surface area contributed by atoms with Crippen molar-refractivity contribution in [3.05, 3.63) is 82.3 Å². The summed E-state index contributed by atoms with van der Waals surface area (Å²) in [5.74, 6) is 0.448. The van der Waals surface area contributed by atoms with Crippen molar-refractivity contribution < 1.29 is 19.1 Å². The molecule has 0 unspecified atom stereocenters. The van der Waals surface area contributed by atoms with E-state index in [9.17, 15) is 9.59 Å². The number of anilines is 2. The Hall–Kier alpha value is -3.22. The predicted molar refractivity (Wildman–Crippen MR) is 118 cm³/mol. The lowest BCUT2D eigenvalue weighted by atomic mass is 10.2. The van der Waals surface area contributed by atoms with Gasteiger partial charge in [-0.3, -0.25) is 9.59 Å². The summed E-state index contributed by atoms with van der Waals surface area (Å²) in [4.78, 5) is 24.4. The third kappa shape index (κ3) is 5.89. The normalized spacial score (nSPS) is 10.2. The highest BCUT2D eigenvalue weighted by atomic mass is 35.5. The quantitative estimate of drug-likeness (QED) is 0.520. The van der Waals surface area contributed by atoms with Crippen LogP contribution in [0.25, 0.3) is 0 Å². The molecule has 154 valence electrons. The lowest BCUT2D eigenvalue weighted by Gasteiger charge is -2.10. The van der Waals surface area contributed by atoms with E-state index in [1.807, 2.05) is 0 Å². The first-order valence-electron chi connectivity index (χ1n) is 8.88. The van der Waals surface area contributed by atoms with E-state index in [0.717, 1.165) is 0 Å². The summed E-state index contributed by atoms with van der Waals surface area (Å²) in [7, 11) is 1.55. The largest absolute Gasteiger partial charge is 0.497 e. The van der Waals surface area contributed by atoms with E-state index >= 15 is 0 Å². The second-order valence-electron chi connectivity index (χ2n) is 6.17. The van der Waals surface area contributed by atoms with E-state index in [-0.39, 0.29) is 18.4 Å². The van der Waals surface area contributed by atoms with Crippen molar-refractivity contribution in [2.24, 2.45) is 0 Å². The number of rotatable bonds is 7. The van der Waals surface area contributed by atoms with Crippen LogP contribution in [0.1, 0.15) is 10.4 Å². The molecule has 0 heterocycles. The number of hydrogen-bond acceptors (Lipinski definition) is 4. The van der Waals surface area contributed by atoms with Gasteiger partial charge >= 0.3 is 0 Å². The molecule has 2 amide bonds. The van der Waals surface area contributed by atoms with E-state index in [2.05, 4.69) is 10.6 Å². The van der Waals surface area contributed by atoms with Gasteiger partial charge in [-0.2, -0.15) is 0 Å². The average molecular weight is 445 g/mol. The summed E-state index contributed by atoms with van der Waals surface area (Å²) in [6, 6.07) is 18.2. The first kappa shape index (κ1) is 21.5. The maximum absolute atomic E-state index is 12.4. The van der Waals surface area contributed by atoms with Crippen LogP contribution in [0.3, 0.4) is 0 Å². The number of hydrogen-bond donors (Lipinski definition) is 2. The predicted octanol–water partition coefficient (Wildman–Crippen LogP) is 5.27. The van der Waals surface area contributed by atoms with Crippen LogP contribution in [-0.4, -0.2) is 25.5 Å². The minimum absolute atomic E-state index is 0.177. The fourth-order valence-corrected chi connectivity index (χ4v) is 2.99. The summed E-state index contributed by atoms with van der Waals surface area (Å²) in [5, 5.41) is 6.27. The number of benzene rings is 3. The van der Waals surface area contributed by atoms with Crippen LogP contribution in [0.4, 0.5) is 11.4 Å². The third-order valence-electron chi connectivity index (χ3n) is 4.02. The van der Waals surface area contributed by atoms with E-state index in [0.29, 0.717) is 38.5 Å². The van der Waals surface area contributed by atoms with E-state index in [1.165, 1.54) is 0 Å². The number of ether oxygens (including phenoxy) is 2. The van der Waals surface area contributed by atoms with Crippen molar-refractivity contribution in [2.45, 2.75) is 0 Å². The van der Waals surface area contributed by atoms with Crippen LogP contribution >= 0.6 is 23.2 Å². The first-order chi connectivity index (χ1) is 14.4. The fourth-order valence-electron chi connectivity index (χ4n) is 2.53. The minimum atomic E-state index is -0.332. The highest BCUT2D eigenvalue weighted by Gasteiger charge is 2.10. The molecule has 0 aromatic heterocycles. The molecule has 0 bridgehead atoms. The van der Waals surface area contributed by atoms with Gasteiger partial charge in [0.25, 0.3) is 11.8 Å². The lowest BCUT2D eigenvalue weighted by molar-refractivity contribution is -0.118. The summed E-state index contributed by atoms with van der Waals surface area (Å²) in [5.41, 5.74) is 1.48. The van der Waals surface area contributed by atoms with Gasteiger partial charge in [-0.25, -0.2) is 0 Å². The molecule has 0 saturated heterocycles. The Morgan fingerprint density at radius 3 is 2.37 bits per heavy atom. The molecule has 8 heteroatoms. The van der Waals surface area contributed by atoms with Gasteiger partial charge in [0.1, 0.15) is 11.5 Å². The topological polar surface area (TPSA) is 76.7 Å². The molecule has 3 aromatic rings. The molecule has 3 aromatic carbocycles. The zero-order chi connectivity index (χ0) is 21.5. The molecular formula is C22H18Cl2N2O4. The minimum Gasteiger partial charge on any atom is -0.497 e. The van der Waals surface area contributed by atoms with Gasteiger partial charge in [0.15, 0.2) is 6.61 Å². The zero-order valence-corrected chi connectivity index (χ0v) is 17.5. The van der Waals surface area contributed by atoms with Gasteiger partial charge in [0, 0.05) is 22.3 Å². The van der Waals surface area contributed by atoms with E-state index in [1.54, 1.807) is 73.8 Å². The Balaban J connectivity index is 1.53. The molecule has 3 rings (SSSR count). The molecule has 0 spiro atoms. The highest BCUT2D eigenvalue weighted by molar-refractivity contribution is 6.36. The van der Waals surface area contributed by atoms with Crippen LogP contribution < -0.4 is 20.1 Å². The summed E-state index contributed by atoms with van der Waals surface area (Å²) in [6.07, 6.45) is 0. The van der Waals surface area contributed by atoms with Crippen molar-refractivity contribution >= 4 is 46.4 Å². The molecular weight excluding hydrogens is 427 g/mol. The summed E-state index contributed by atoms with van der Waals surface area (Å²) in [6.45, 7) is -0.177. The maximum atomic E-state index is 12.4. The zero-order valence-electron chi connectivity index (χ0n) is 15.9. The van der Waals surface area contributed by atoms with Crippen LogP contribution in [0.2, 0.25) is 10.0 Å². The Labute approximate surface area is 183 Å². The van der Waals surface area contributed by atoms with Crippen molar-refractivity contribution in [3.63, 3.8) is 0 Å². The number of halogens is 2. The van der Waals surface area contributed by atoms with Crippen LogP contribution in [0, 0.1) is 0 Å². The second-order valence-corrected chi connectivity index (χ2v) is 7.02. The van der Waals surface area contributed by atoms with Gasteiger partial charge in [-0.05, 0) is 54.6 Å². The molecule has 0 radical (unpaired) electrons. The number of nitrogens with one attached hydrogen (secondary N) is 2. The second kappa shape index (κ2) is 10.0. The van der Waals surface area contributed by atoms with Gasteiger partial charge in [-0.1, -0.05) is 29.3 Å². The Kier molecular flexibility index (Phi) is 7.17. The third-order valence-corrected chi connectivity index (χ3v) is 4.57. The Morgan fingerprint density at radius 1 is 0.900 bits per heavy atom. The van der Waals surface area contributed by atoms with E-state index < -0.39 is 0 Å². The molecule has 0 aliphatic carbocycles. The smallest absolute Gasteiger partial charge is 0.262 e. The number of amides is 2. The SMILES string of the molecule is COc1cccc(NC(=O)COc2ccc(C(=O)Nc3ccc(Cl)cc3Cl)cc2)c1. The van der Waals surface area contributed by atoms with Gasteiger partial charge in [0.2, 0.25) is 0 Å². The summed E-state index contributed by atoms with van der Waals surface area (Å²) < 4.78 is 10.6. The lowest BCUT2D eigenvalue weighted by Crippen LogP contribution is -2.20. The molecule has 6 nitrogen and oxygen atoms in total. The molecule has 30 heavy (non-hydrogen) atoms. The standard InChI is InChI=1S/C22H18Cl2N2O4/c1-29-18-4-2-3-16(12-18)25-21(27)13-30-17-8-5-14(6-9-17)22(28)26-20-10-7-15(23)11-19(20)24/h2-12H,13H2,1H3,(H,25,27)(H,26,28). The molecule has 0 aliphatic rings. The molecule has 2 N–H and O–H groups in total. The molecule has 0 fully saturated rings. The molecule has 0 aliphatic heterocycles. The molecule has 0 saturated carbocycles. The van der Waals surface area contributed by atoms with Crippen LogP contribution in [0.15, 0.2) is 66.7 Å².